The Bertz CT molecular complexity index is 357. The van der Waals surface area contributed by atoms with Crippen molar-refractivity contribution in [2.24, 2.45) is 17.8 Å². The van der Waals surface area contributed by atoms with E-state index >= 15 is 0 Å². The zero-order valence-electron chi connectivity index (χ0n) is 11.1. The molecule has 3 aliphatic rings. The molecule has 1 saturated carbocycles. The molecule has 18 heavy (non-hydrogen) atoms. The van der Waals surface area contributed by atoms with Crippen molar-refractivity contribution in [3.63, 3.8) is 0 Å². The minimum absolute atomic E-state index is 0.0176. The van der Waals surface area contributed by atoms with Crippen LogP contribution < -0.4 is 0 Å². The number of amides is 2. The smallest absolute Gasteiger partial charge is 0.233 e. The molecule has 2 aliphatic heterocycles. The maximum absolute atomic E-state index is 12.3. The number of likely N-dealkylation sites (tertiary alicyclic amines) is 1. The number of ether oxygens (including phenoxy) is 1. The van der Waals surface area contributed by atoms with E-state index in [1.165, 1.54) is 4.90 Å². The van der Waals surface area contributed by atoms with Crippen molar-refractivity contribution >= 4 is 11.8 Å². The molecule has 0 spiro atoms. The zero-order chi connectivity index (χ0) is 12.9. The van der Waals surface area contributed by atoms with Crippen LogP contribution in [0.25, 0.3) is 0 Å². The fourth-order valence-electron chi connectivity index (χ4n) is 3.60. The zero-order valence-corrected chi connectivity index (χ0v) is 11.1. The lowest BCUT2D eigenvalue weighted by molar-refractivity contribution is -0.140. The van der Waals surface area contributed by atoms with Gasteiger partial charge in [-0.3, -0.25) is 14.5 Å². The van der Waals surface area contributed by atoms with Crippen LogP contribution in [0, 0.1) is 17.8 Å². The van der Waals surface area contributed by atoms with Gasteiger partial charge >= 0.3 is 0 Å². The minimum Gasteiger partial charge on any atom is -0.370 e. The summed E-state index contributed by atoms with van der Waals surface area (Å²) >= 11 is 0. The van der Waals surface area contributed by atoms with Crippen LogP contribution in [-0.2, 0) is 14.3 Å². The standard InChI is InChI=1S/C14H21NO3/c1-8(12-9(2)18-12)7-15-13(16)10-5-3-4-6-11(10)14(15)17/h8-12H,3-7H2,1-2H3. The summed E-state index contributed by atoms with van der Waals surface area (Å²) in [6.45, 7) is 4.64. The van der Waals surface area contributed by atoms with E-state index in [1.54, 1.807) is 0 Å². The van der Waals surface area contributed by atoms with Gasteiger partial charge in [-0.2, -0.15) is 0 Å². The average molecular weight is 251 g/mol. The number of carbonyl (C=O) groups excluding carboxylic acids is 2. The highest BCUT2D eigenvalue weighted by atomic mass is 16.6. The van der Waals surface area contributed by atoms with Gasteiger partial charge in [0, 0.05) is 12.5 Å². The lowest BCUT2D eigenvalue weighted by Crippen LogP contribution is -2.36. The van der Waals surface area contributed by atoms with Crippen LogP contribution in [0.5, 0.6) is 0 Å². The maximum Gasteiger partial charge on any atom is 0.233 e. The molecule has 3 rings (SSSR count). The molecule has 1 aliphatic carbocycles. The molecule has 4 heteroatoms. The molecule has 3 fully saturated rings. The Morgan fingerprint density at radius 3 is 2.17 bits per heavy atom. The monoisotopic (exact) mass is 251 g/mol. The third-order valence-corrected chi connectivity index (χ3v) is 4.72. The minimum atomic E-state index is -0.0176. The molecule has 4 nitrogen and oxygen atoms in total. The number of rotatable bonds is 3. The van der Waals surface area contributed by atoms with Gasteiger partial charge < -0.3 is 4.74 Å². The summed E-state index contributed by atoms with van der Waals surface area (Å²) in [5, 5.41) is 0. The third-order valence-electron chi connectivity index (χ3n) is 4.72. The van der Waals surface area contributed by atoms with Crippen LogP contribution in [0.4, 0.5) is 0 Å². The molecule has 0 aromatic carbocycles. The second-order valence-electron chi connectivity index (χ2n) is 6.07. The molecule has 0 radical (unpaired) electrons. The molecule has 0 aromatic heterocycles. The van der Waals surface area contributed by atoms with Crippen molar-refractivity contribution in [2.45, 2.75) is 51.7 Å². The first kappa shape index (κ1) is 12.2. The first-order valence-corrected chi connectivity index (χ1v) is 7.10. The fourth-order valence-corrected chi connectivity index (χ4v) is 3.60. The van der Waals surface area contributed by atoms with E-state index in [-0.39, 0.29) is 41.8 Å². The van der Waals surface area contributed by atoms with E-state index in [0.29, 0.717) is 6.54 Å². The van der Waals surface area contributed by atoms with Crippen molar-refractivity contribution < 1.29 is 14.3 Å². The van der Waals surface area contributed by atoms with Gasteiger partial charge in [0.2, 0.25) is 11.8 Å². The highest BCUT2D eigenvalue weighted by molar-refractivity contribution is 6.05. The average Bonchev–Trinajstić information content (AvgIpc) is 3.06. The van der Waals surface area contributed by atoms with Crippen molar-refractivity contribution in [1.29, 1.82) is 0 Å². The van der Waals surface area contributed by atoms with Crippen molar-refractivity contribution in [2.75, 3.05) is 6.54 Å². The van der Waals surface area contributed by atoms with Crippen LogP contribution in [0.15, 0.2) is 0 Å². The number of hydrogen-bond acceptors (Lipinski definition) is 3. The van der Waals surface area contributed by atoms with Gasteiger partial charge in [-0.15, -0.1) is 0 Å². The molecule has 100 valence electrons. The van der Waals surface area contributed by atoms with Crippen LogP contribution in [0.2, 0.25) is 0 Å². The molecule has 2 amide bonds. The van der Waals surface area contributed by atoms with Crippen LogP contribution in [0.1, 0.15) is 39.5 Å². The van der Waals surface area contributed by atoms with E-state index in [9.17, 15) is 9.59 Å². The molecule has 2 heterocycles. The number of epoxide rings is 1. The van der Waals surface area contributed by atoms with Gasteiger partial charge in [0.15, 0.2) is 0 Å². The van der Waals surface area contributed by atoms with Gasteiger partial charge in [0.05, 0.1) is 24.0 Å². The normalized spacial score (nSPS) is 40.9. The lowest BCUT2D eigenvalue weighted by Gasteiger charge is -2.19. The Labute approximate surface area is 108 Å². The Morgan fingerprint density at radius 1 is 1.22 bits per heavy atom. The van der Waals surface area contributed by atoms with Crippen LogP contribution in [0.3, 0.4) is 0 Å². The second-order valence-corrected chi connectivity index (χ2v) is 6.07. The van der Waals surface area contributed by atoms with Crippen molar-refractivity contribution in [3.8, 4) is 0 Å². The predicted molar refractivity (Wildman–Crippen MR) is 65.7 cm³/mol. The molecule has 0 aromatic rings. The Morgan fingerprint density at radius 2 is 1.72 bits per heavy atom. The highest BCUT2D eigenvalue weighted by Gasteiger charge is 2.49. The van der Waals surface area contributed by atoms with E-state index in [0.717, 1.165) is 25.7 Å². The van der Waals surface area contributed by atoms with E-state index < -0.39 is 0 Å². The van der Waals surface area contributed by atoms with Crippen molar-refractivity contribution in [1.82, 2.24) is 4.90 Å². The maximum atomic E-state index is 12.3. The Balaban J connectivity index is 1.68. The first-order valence-electron chi connectivity index (χ1n) is 7.10. The van der Waals surface area contributed by atoms with Gasteiger partial charge in [-0.1, -0.05) is 19.8 Å². The van der Waals surface area contributed by atoms with E-state index in [2.05, 4.69) is 6.92 Å². The fraction of sp³-hybridized carbons (Fsp3) is 0.857. The number of nitrogens with zero attached hydrogens (tertiary/aromatic N) is 1. The summed E-state index contributed by atoms with van der Waals surface area (Å²) in [4.78, 5) is 26.1. The van der Waals surface area contributed by atoms with E-state index in [4.69, 9.17) is 4.74 Å². The summed E-state index contributed by atoms with van der Waals surface area (Å²) < 4.78 is 5.43. The quantitative estimate of drug-likeness (QED) is 0.565. The van der Waals surface area contributed by atoms with E-state index in [1.807, 2.05) is 6.92 Å². The Hall–Kier alpha value is -0.900. The summed E-state index contributed by atoms with van der Waals surface area (Å²) in [6, 6.07) is 0. The van der Waals surface area contributed by atoms with Crippen LogP contribution >= 0.6 is 0 Å². The van der Waals surface area contributed by atoms with Gasteiger partial charge in [-0.05, 0) is 19.8 Å². The summed E-state index contributed by atoms with van der Waals surface area (Å²) in [6.07, 6.45) is 4.49. The van der Waals surface area contributed by atoms with Crippen LogP contribution in [-0.4, -0.2) is 35.5 Å². The lowest BCUT2D eigenvalue weighted by atomic mass is 9.81. The summed E-state index contributed by atoms with van der Waals surface area (Å²) in [5.41, 5.74) is 0. The van der Waals surface area contributed by atoms with Gasteiger partial charge in [0.1, 0.15) is 0 Å². The summed E-state index contributed by atoms with van der Waals surface area (Å²) in [7, 11) is 0. The number of hydrogen-bond donors (Lipinski definition) is 0. The number of imide groups is 1. The SMILES string of the molecule is CC(CN1C(=O)C2CCCCC2C1=O)C1OC1C. The molecular formula is C14H21NO3. The summed E-state index contributed by atoms with van der Waals surface area (Å²) in [5.74, 6) is 0.370. The highest BCUT2D eigenvalue weighted by Crippen LogP contribution is 2.39. The molecule has 2 saturated heterocycles. The third kappa shape index (κ3) is 1.87. The molecule has 0 N–H and O–H groups in total. The second kappa shape index (κ2) is 4.34. The Kier molecular flexibility index (Phi) is 2.93. The molecular weight excluding hydrogens is 230 g/mol. The van der Waals surface area contributed by atoms with Gasteiger partial charge in [-0.25, -0.2) is 0 Å². The van der Waals surface area contributed by atoms with Crippen molar-refractivity contribution in [3.05, 3.63) is 0 Å². The number of fused-ring (bicyclic) bond motifs is 1. The first-order chi connectivity index (χ1) is 8.59. The predicted octanol–water partition coefficient (Wildman–Crippen LogP) is 1.58. The molecule has 0 bridgehead atoms. The largest absolute Gasteiger partial charge is 0.370 e. The number of carbonyl (C=O) groups is 2. The van der Waals surface area contributed by atoms with Gasteiger partial charge in [0.25, 0.3) is 0 Å². The topological polar surface area (TPSA) is 49.9 Å². The molecule has 5 unspecified atom stereocenters. The molecule has 5 atom stereocenters.